The van der Waals surface area contributed by atoms with Crippen molar-refractivity contribution in [2.24, 2.45) is 5.92 Å². The Morgan fingerprint density at radius 3 is 2.50 bits per heavy atom. The molecule has 78 valence electrons. The van der Waals surface area contributed by atoms with Gasteiger partial charge in [0.15, 0.2) is 0 Å². The van der Waals surface area contributed by atoms with E-state index in [2.05, 4.69) is 21.2 Å². The Morgan fingerprint density at radius 1 is 1.29 bits per heavy atom. The van der Waals surface area contributed by atoms with E-state index in [4.69, 9.17) is 0 Å². The minimum absolute atomic E-state index is 0.269. The molecular weight excluding hydrogens is 252 g/mol. The van der Waals surface area contributed by atoms with Crippen molar-refractivity contribution in [2.45, 2.75) is 13.8 Å². The molecule has 0 bridgehead atoms. The lowest BCUT2D eigenvalue weighted by Crippen LogP contribution is -2.09. The van der Waals surface area contributed by atoms with Crippen LogP contribution in [0.1, 0.15) is 13.8 Å². The second kappa shape index (κ2) is 4.73. The first kappa shape index (κ1) is 11.4. The van der Waals surface area contributed by atoms with Gasteiger partial charge in [0, 0.05) is 12.6 Å². The summed E-state index contributed by atoms with van der Waals surface area (Å²) in [6, 6.07) is 2.28. The summed E-state index contributed by atoms with van der Waals surface area (Å²) in [6.07, 6.45) is 0. The molecule has 0 aromatic heterocycles. The third kappa shape index (κ3) is 2.94. The molecule has 0 aliphatic rings. The fourth-order valence-electron chi connectivity index (χ4n) is 0.972. The summed E-state index contributed by atoms with van der Waals surface area (Å²) < 4.78 is 26.3. The number of rotatable bonds is 3. The summed E-state index contributed by atoms with van der Waals surface area (Å²) in [4.78, 5) is 0. The van der Waals surface area contributed by atoms with Gasteiger partial charge in [0.2, 0.25) is 0 Å². The molecule has 14 heavy (non-hydrogen) atoms. The Bertz CT molecular complexity index is 326. The summed E-state index contributed by atoms with van der Waals surface area (Å²) in [7, 11) is 0. The van der Waals surface area contributed by atoms with E-state index in [1.165, 1.54) is 6.07 Å². The van der Waals surface area contributed by atoms with Gasteiger partial charge in [-0.25, -0.2) is 8.78 Å². The minimum atomic E-state index is -0.586. The third-order valence-electron chi connectivity index (χ3n) is 1.71. The fourth-order valence-corrected chi connectivity index (χ4v) is 1.32. The van der Waals surface area contributed by atoms with Crippen molar-refractivity contribution >= 4 is 21.6 Å². The average molecular weight is 264 g/mol. The summed E-state index contributed by atoms with van der Waals surface area (Å²) in [5.41, 5.74) is 0.326. The lowest BCUT2D eigenvalue weighted by atomic mass is 10.2. The van der Waals surface area contributed by atoms with Crippen LogP contribution in [0.5, 0.6) is 0 Å². The predicted octanol–water partition coefficient (Wildman–Crippen LogP) is 3.80. The highest BCUT2D eigenvalue weighted by molar-refractivity contribution is 9.10. The molecule has 0 saturated heterocycles. The maximum atomic E-state index is 13.2. The number of hydrogen-bond donors (Lipinski definition) is 1. The van der Waals surface area contributed by atoms with Crippen LogP contribution in [0, 0.1) is 17.6 Å². The summed E-state index contributed by atoms with van der Waals surface area (Å²) in [5.74, 6) is -0.734. The molecule has 0 heterocycles. The molecule has 0 aliphatic carbocycles. The predicted molar refractivity (Wildman–Crippen MR) is 57.4 cm³/mol. The van der Waals surface area contributed by atoms with Crippen molar-refractivity contribution < 1.29 is 8.78 Å². The first-order valence-corrected chi connectivity index (χ1v) is 5.18. The van der Waals surface area contributed by atoms with E-state index in [0.717, 1.165) is 6.07 Å². The maximum Gasteiger partial charge on any atom is 0.149 e. The number of hydrogen-bond acceptors (Lipinski definition) is 1. The summed E-state index contributed by atoms with van der Waals surface area (Å²) in [6.45, 7) is 4.70. The van der Waals surface area contributed by atoms with Crippen molar-refractivity contribution in [3.8, 4) is 0 Å². The summed E-state index contributed by atoms with van der Waals surface area (Å²) in [5, 5.41) is 2.91. The zero-order chi connectivity index (χ0) is 10.7. The van der Waals surface area contributed by atoms with Gasteiger partial charge in [-0.1, -0.05) is 13.8 Å². The van der Waals surface area contributed by atoms with E-state index in [-0.39, 0.29) is 4.47 Å². The molecule has 0 amide bonds. The van der Waals surface area contributed by atoms with E-state index in [1.54, 1.807) is 0 Å². The first-order valence-electron chi connectivity index (χ1n) is 4.39. The molecule has 0 spiro atoms. The van der Waals surface area contributed by atoms with Gasteiger partial charge >= 0.3 is 0 Å². The molecular formula is C10H12BrF2N. The van der Waals surface area contributed by atoms with Crippen molar-refractivity contribution in [3.05, 3.63) is 28.2 Å². The Morgan fingerprint density at radius 2 is 1.93 bits per heavy atom. The minimum Gasteiger partial charge on any atom is -0.382 e. The molecule has 1 nitrogen and oxygen atoms in total. The first-order chi connectivity index (χ1) is 6.50. The van der Waals surface area contributed by atoms with Crippen LogP contribution in [-0.4, -0.2) is 6.54 Å². The van der Waals surface area contributed by atoms with Crippen molar-refractivity contribution in [1.82, 2.24) is 0 Å². The van der Waals surface area contributed by atoms with Crippen LogP contribution in [0.2, 0.25) is 0 Å². The molecule has 1 aromatic rings. The van der Waals surface area contributed by atoms with Gasteiger partial charge in [0.05, 0.1) is 10.2 Å². The number of halogens is 3. The highest BCUT2D eigenvalue weighted by Gasteiger charge is 2.07. The van der Waals surface area contributed by atoms with Gasteiger partial charge in [-0.15, -0.1) is 0 Å². The lowest BCUT2D eigenvalue weighted by molar-refractivity contribution is 0.579. The topological polar surface area (TPSA) is 12.0 Å². The van der Waals surface area contributed by atoms with E-state index in [9.17, 15) is 8.78 Å². The Kier molecular flexibility index (Phi) is 3.86. The number of anilines is 1. The largest absolute Gasteiger partial charge is 0.382 e. The maximum absolute atomic E-state index is 13.2. The SMILES string of the molecule is CC(C)CNc1cc(Br)c(F)cc1F. The third-order valence-corrected chi connectivity index (χ3v) is 2.32. The Labute approximate surface area is 90.6 Å². The molecule has 0 aliphatic heterocycles. The standard InChI is InChI=1S/C10H12BrF2N/c1-6(2)5-14-10-3-7(11)8(12)4-9(10)13/h3-4,6,14H,5H2,1-2H3. The van der Waals surface area contributed by atoms with E-state index >= 15 is 0 Å². The van der Waals surface area contributed by atoms with Crippen LogP contribution in [0.25, 0.3) is 0 Å². The zero-order valence-corrected chi connectivity index (χ0v) is 9.66. The fraction of sp³-hybridized carbons (Fsp3) is 0.400. The Balaban J connectivity index is 2.82. The van der Waals surface area contributed by atoms with E-state index in [1.807, 2.05) is 13.8 Å². The van der Waals surface area contributed by atoms with Crippen LogP contribution in [0.3, 0.4) is 0 Å². The van der Waals surface area contributed by atoms with Crippen LogP contribution < -0.4 is 5.32 Å². The van der Waals surface area contributed by atoms with Crippen LogP contribution >= 0.6 is 15.9 Å². The molecule has 1 rings (SSSR count). The lowest BCUT2D eigenvalue weighted by Gasteiger charge is -2.10. The smallest absolute Gasteiger partial charge is 0.149 e. The highest BCUT2D eigenvalue weighted by atomic mass is 79.9. The second-order valence-electron chi connectivity index (χ2n) is 3.52. The van der Waals surface area contributed by atoms with Gasteiger partial charge in [0.1, 0.15) is 11.6 Å². The van der Waals surface area contributed by atoms with Gasteiger partial charge in [-0.05, 0) is 27.9 Å². The van der Waals surface area contributed by atoms with Gasteiger partial charge in [-0.2, -0.15) is 0 Å². The summed E-state index contributed by atoms with van der Waals surface area (Å²) >= 11 is 3.01. The Hall–Kier alpha value is -0.640. The van der Waals surface area contributed by atoms with Crippen LogP contribution in [0.4, 0.5) is 14.5 Å². The molecule has 0 atom stereocenters. The van der Waals surface area contributed by atoms with Crippen LogP contribution in [0.15, 0.2) is 16.6 Å². The molecule has 0 radical (unpaired) electrons. The normalized spacial score (nSPS) is 10.7. The molecule has 0 unspecified atom stereocenters. The van der Waals surface area contributed by atoms with E-state index < -0.39 is 11.6 Å². The van der Waals surface area contributed by atoms with Gasteiger partial charge in [0.25, 0.3) is 0 Å². The average Bonchev–Trinajstić information content (AvgIpc) is 2.09. The molecule has 0 saturated carbocycles. The van der Waals surface area contributed by atoms with Crippen molar-refractivity contribution in [1.29, 1.82) is 0 Å². The number of nitrogens with one attached hydrogen (secondary N) is 1. The van der Waals surface area contributed by atoms with Gasteiger partial charge < -0.3 is 5.32 Å². The second-order valence-corrected chi connectivity index (χ2v) is 4.38. The number of benzene rings is 1. The molecule has 1 aromatic carbocycles. The van der Waals surface area contributed by atoms with Crippen molar-refractivity contribution in [2.75, 3.05) is 11.9 Å². The van der Waals surface area contributed by atoms with E-state index in [0.29, 0.717) is 18.2 Å². The highest BCUT2D eigenvalue weighted by Crippen LogP contribution is 2.23. The quantitative estimate of drug-likeness (QED) is 0.819. The monoisotopic (exact) mass is 263 g/mol. The van der Waals surface area contributed by atoms with Crippen molar-refractivity contribution in [3.63, 3.8) is 0 Å². The van der Waals surface area contributed by atoms with Crippen LogP contribution in [-0.2, 0) is 0 Å². The zero-order valence-electron chi connectivity index (χ0n) is 8.07. The molecule has 4 heteroatoms. The van der Waals surface area contributed by atoms with Gasteiger partial charge in [-0.3, -0.25) is 0 Å². The molecule has 0 fully saturated rings. The molecule has 1 N–H and O–H groups in total.